The van der Waals surface area contributed by atoms with E-state index in [1.807, 2.05) is 6.07 Å². The number of piperidine rings is 1. The first kappa shape index (κ1) is 11.4. The predicted octanol–water partition coefficient (Wildman–Crippen LogP) is -0.690. The van der Waals surface area contributed by atoms with Crippen LogP contribution in [-0.4, -0.2) is 49.6 Å². The first-order valence-corrected chi connectivity index (χ1v) is 5.89. The summed E-state index contributed by atoms with van der Waals surface area (Å²) in [6.45, 7) is 3.63. The monoisotopic (exact) mass is 222 g/mol. The molecule has 2 atom stereocenters. The molecule has 0 bridgehead atoms. The first-order chi connectivity index (χ1) is 7.81. The van der Waals surface area contributed by atoms with Crippen LogP contribution in [0.3, 0.4) is 0 Å². The Hall–Kier alpha value is -1.12. The van der Waals surface area contributed by atoms with E-state index in [4.69, 9.17) is 5.26 Å². The molecular formula is C11H18N4O. The number of nitrogens with zero attached hydrogens (tertiary/aromatic N) is 2. The Labute approximate surface area is 95.8 Å². The molecular weight excluding hydrogens is 204 g/mol. The van der Waals surface area contributed by atoms with Gasteiger partial charge >= 0.3 is 0 Å². The van der Waals surface area contributed by atoms with Crippen molar-refractivity contribution < 1.29 is 4.79 Å². The van der Waals surface area contributed by atoms with Gasteiger partial charge in [0, 0.05) is 12.6 Å². The zero-order valence-electron chi connectivity index (χ0n) is 9.41. The van der Waals surface area contributed by atoms with Gasteiger partial charge in [-0.2, -0.15) is 5.26 Å². The van der Waals surface area contributed by atoms with Crippen molar-refractivity contribution in [3.63, 3.8) is 0 Å². The zero-order chi connectivity index (χ0) is 11.4. The minimum atomic E-state index is -0.0332. The maximum absolute atomic E-state index is 11.5. The van der Waals surface area contributed by atoms with Crippen LogP contribution >= 0.6 is 0 Å². The highest BCUT2D eigenvalue weighted by Crippen LogP contribution is 2.25. The molecule has 5 nitrogen and oxygen atoms in total. The molecule has 88 valence electrons. The maximum Gasteiger partial charge on any atom is 0.235 e. The van der Waals surface area contributed by atoms with E-state index in [1.165, 1.54) is 12.8 Å². The van der Waals surface area contributed by atoms with Crippen molar-refractivity contribution in [3.8, 4) is 6.07 Å². The fourth-order valence-electron chi connectivity index (χ4n) is 2.74. The Bertz CT molecular complexity index is 299. The molecule has 0 aromatic rings. The number of hydrogen-bond donors (Lipinski definition) is 2. The van der Waals surface area contributed by atoms with Gasteiger partial charge in [-0.15, -0.1) is 0 Å². The number of nitriles is 1. The Morgan fingerprint density at radius 2 is 2.44 bits per heavy atom. The Balaban J connectivity index is 1.84. The van der Waals surface area contributed by atoms with Gasteiger partial charge in [-0.3, -0.25) is 9.69 Å². The summed E-state index contributed by atoms with van der Waals surface area (Å²) in [5, 5.41) is 14.4. The highest BCUT2D eigenvalue weighted by molar-refractivity contribution is 5.78. The molecule has 2 heterocycles. The van der Waals surface area contributed by atoms with Gasteiger partial charge in [0.2, 0.25) is 5.91 Å². The Morgan fingerprint density at radius 3 is 3.25 bits per heavy atom. The first-order valence-electron chi connectivity index (χ1n) is 5.89. The molecule has 2 aliphatic rings. The minimum absolute atomic E-state index is 0.0332. The fourth-order valence-corrected chi connectivity index (χ4v) is 2.74. The van der Waals surface area contributed by atoms with Crippen LogP contribution in [0, 0.1) is 17.2 Å². The number of hydrogen-bond acceptors (Lipinski definition) is 4. The van der Waals surface area contributed by atoms with Gasteiger partial charge in [0.05, 0.1) is 12.6 Å². The molecule has 0 aromatic carbocycles. The quantitative estimate of drug-likeness (QED) is 0.620. The minimum Gasteiger partial charge on any atom is -0.342 e. The van der Waals surface area contributed by atoms with Crippen LogP contribution in [0.5, 0.6) is 0 Å². The summed E-state index contributed by atoms with van der Waals surface area (Å²) in [4.78, 5) is 13.8. The molecule has 2 aliphatic heterocycles. The summed E-state index contributed by atoms with van der Waals surface area (Å²) in [6, 6.07) is 2.43. The molecule has 5 heteroatoms. The second kappa shape index (κ2) is 5.28. The van der Waals surface area contributed by atoms with E-state index < -0.39 is 0 Å². The summed E-state index contributed by atoms with van der Waals surface area (Å²) in [5.41, 5.74) is 0. The molecule has 0 spiro atoms. The smallest absolute Gasteiger partial charge is 0.235 e. The highest BCUT2D eigenvalue weighted by Gasteiger charge is 2.35. The van der Waals surface area contributed by atoms with Crippen molar-refractivity contribution in [2.24, 2.45) is 5.92 Å². The normalized spacial score (nSPS) is 29.4. The van der Waals surface area contributed by atoms with Crippen molar-refractivity contribution in [1.29, 1.82) is 5.26 Å². The number of likely N-dealkylation sites (tertiary alicyclic amines) is 1. The fraction of sp³-hybridized carbons (Fsp3) is 0.818. The summed E-state index contributed by atoms with van der Waals surface area (Å²) in [5.74, 6) is 0.673. The van der Waals surface area contributed by atoms with Gasteiger partial charge in [-0.25, -0.2) is 0 Å². The molecule has 1 amide bonds. The molecule has 16 heavy (non-hydrogen) atoms. The van der Waals surface area contributed by atoms with Crippen molar-refractivity contribution in [2.75, 3.05) is 32.7 Å². The average Bonchev–Trinajstić information content (AvgIpc) is 2.75. The predicted molar refractivity (Wildman–Crippen MR) is 59.6 cm³/mol. The van der Waals surface area contributed by atoms with E-state index in [1.54, 1.807) is 0 Å². The largest absolute Gasteiger partial charge is 0.342 e. The van der Waals surface area contributed by atoms with Crippen LogP contribution in [0.2, 0.25) is 0 Å². The third-order valence-corrected chi connectivity index (χ3v) is 3.50. The number of amides is 1. The van der Waals surface area contributed by atoms with E-state index in [0.717, 1.165) is 19.6 Å². The van der Waals surface area contributed by atoms with Crippen molar-refractivity contribution >= 4 is 5.91 Å². The second-order valence-corrected chi connectivity index (χ2v) is 4.53. The van der Waals surface area contributed by atoms with Gasteiger partial charge in [0.25, 0.3) is 0 Å². The summed E-state index contributed by atoms with van der Waals surface area (Å²) in [6.07, 6.45) is 2.45. The van der Waals surface area contributed by atoms with Gasteiger partial charge < -0.3 is 10.6 Å². The number of carbonyl (C=O) groups excluding carboxylic acids is 1. The van der Waals surface area contributed by atoms with Crippen LogP contribution in [0.25, 0.3) is 0 Å². The van der Waals surface area contributed by atoms with Gasteiger partial charge in [0.15, 0.2) is 0 Å². The molecule has 2 N–H and O–H groups in total. The third kappa shape index (κ3) is 2.52. The summed E-state index contributed by atoms with van der Waals surface area (Å²) < 4.78 is 0. The van der Waals surface area contributed by atoms with Crippen molar-refractivity contribution in [3.05, 3.63) is 0 Å². The topological polar surface area (TPSA) is 68.2 Å². The molecule has 2 fully saturated rings. The third-order valence-electron chi connectivity index (χ3n) is 3.50. The molecule has 0 radical (unpaired) electrons. The van der Waals surface area contributed by atoms with E-state index in [2.05, 4.69) is 15.5 Å². The van der Waals surface area contributed by atoms with Crippen molar-refractivity contribution in [2.45, 2.75) is 18.9 Å². The molecule has 0 aromatic heterocycles. The van der Waals surface area contributed by atoms with E-state index >= 15 is 0 Å². The molecule has 0 aliphatic carbocycles. The number of nitrogens with one attached hydrogen (secondary N) is 2. The van der Waals surface area contributed by atoms with Crippen LogP contribution in [0.15, 0.2) is 0 Å². The average molecular weight is 222 g/mol. The number of fused-ring (bicyclic) bond motifs is 1. The standard InChI is InChI=1S/C11H18N4O/c12-3-4-14-11(16)8-15-5-1-2-9-6-13-7-10(9)15/h9-10,13H,1-2,4-8H2,(H,14,16). The lowest BCUT2D eigenvalue weighted by molar-refractivity contribution is -0.123. The van der Waals surface area contributed by atoms with Gasteiger partial charge in [0.1, 0.15) is 6.54 Å². The summed E-state index contributed by atoms with van der Waals surface area (Å²) in [7, 11) is 0. The molecule has 2 unspecified atom stereocenters. The maximum atomic E-state index is 11.5. The Morgan fingerprint density at radius 1 is 1.56 bits per heavy atom. The lowest BCUT2D eigenvalue weighted by atomic mass is 9.92. The number of rotatable bonds is 3. The molecule has 0 saturated carbocycles. The van der Waals surface area contributed by atoms with Crippen LogP contribution in [-0.2, 0) is 4.79 Å². The second-order valence-electron chi connectivity index (χ2n) is 4.53. The van der Waals surface area contributed by atoms with Crippen LogP contribution in [0.4, 0.5) is 0 Å². The van der Waals surface area contributed by atoms with Gasteiger partial charge in [-0.05, 0) is 31.8 Å². The van der Waals surface area contributed by atoms with Crippen molar-refractivity contribution in [1.82, 2.24) is 15.5 Å². The zero-order valence-corrected chi connectivity index (χ0v) is 9.41. The van der Waals surface area contributed by atoms with Gasteiger partial charge in [-0.1, -0.05) is 0 Å². The lowest BCUT2D eigenvalue weighted by Crippen LogP contribution is -2.49. The van der Waals surface area contributed by atoms with E-state index in [0.29, 0.717) is 18.5 Å². The SMILES string of the molecule is N#CCNC(=O)CN1CCCC2CNCC21. The summed E-state index contributed by atoms with van der Waals surface area (Å²) >= 11 is 0. The van der Waals surface area contributed by atoms with Crippen LogP contribution in [0.1, 0.15) is 12.8 Å². The number of carbonyl (C=O) groups is 1. The van der Waals surface area contributed by atoms with E-state index in [-0.39, 0.29) is 12.5 Å². The Kier molecular flexibility index (Phi) is 3.75. The molecule has 2 saturated heterocycles. The molecule has 2 rings (SSSR count). The van der Waals surface area contributed by atoms with Crippen LogP contribution < -0.4 is 10.6 Å². The van der Waals surface area contributed by atoms with E-state index in [9.17, 15) is 4.79 Å². The lowest BCUT2D eigenvalue weighted by Gasteiger charge is -2.36. The highest BCUT2D eigenvalue weighted by atomic mass is 16.2.